The van der Waals surface area contributed by atoms with Gasteiger partial charge in [0.25, 0.3) is 0 Å². The normalized spacial score (nSPS) is 41.0. The number of aliphatic hydroxyl groups is 4. The van der Waals surface area contributed by atoms with E-state index in [-0.39, 0.29) is 0 Å². The van der Waals surface area contributed by atoms with Crippen LogP contribution in [-0.4, -0.2) is 67.5 Å². The fraction of sp³-hybridized carbons (Fsp3) is 1.00. The Morgan fingerprint density at radius 1 is 1.38 bits per heavy atom. The summed E-state index contributed by atoms with van der Waals surface area (Å²) in [6.45, 7) is -1.54. The molecule has 0 amide bonds. The molecule has 96 valence electrons. The molecule has 0 unspecified atom stereocenters. The zero-order valence-electron chi connectivity index (χ0n) is 8.00. The Morgan fingerprint density at radius 3 is 2.44 bits per heavy atom. The highest BCUT2D eigenvalue weighted by Gasteiger charge is 2.49. The van der Waals surface area contributed by atoms with Crippen LogP contribution in [0.25, 0.3) is 0 Å². The second-order valence-electron chi connectivity index (χ2n) is 3.42. The largest absolute Gasteiger partial charge is 0.469 e. The summed E-state index contributed by atoms with van der Waals surface area (Å²) >= 11 is 0. The Labute approximate surface area is 90.1 Å². The number of phosphoric ester groups is 1. The maximum absolute atomic E-state index is 10.4. The minimum Gasteiger partial charge on any atom is -0.388 e. The average molecular weight is 260 g/mol. The molecule has 16 heavy (non-hydrogen) atoms. The summed E-state index contributed by atoms with van der Waals surface area (Å²) < 4.78 is 18.9. The van der Waals surface area contributed by atoms with Crippen molar-refractivity contribution in [1.29, 1.82) is 0 Å². The van der Waals surface area contributed by atoms with Crippen LogP contribution in [-0.2, 0) is 13.8 Å². The van der Waals surface area contributed by atoms with Gasteiger partial charge in [-0.1, -0.05) is 0 Å². The Hall–Kier alpha value is -0.0900. The number of hydrogen-bond acceptors (Lipinski definition) is 7. The van der Waals surface area contributed by atoms with E-state index in [1.54, 1.807) is 0 Å². The standard InChI is InChI=1S/C6H13O9P/c7-3-1-14-6(10,5(9)4(3)8)2-15-16(11,12)13/h3-5,7-10H,1-2H2,(H2,11,12,13)/t3-,4+,5+,6+/m1/s1. The van der Waals surface area contributed by atoms with Crippen LogP contribution in [0.5, 0.6) is 0 Å². The van der Waals surface area contributed by atoms with Crippen molar-refractivity contribution in [3.63, 3.8) is 0 Å². The van der Waals surface area contributed by atoms with Crippen molar-refractivity contribution < 1.29 is 44.0 Å². The van der Waals surface area contributed by atoms with E-state index in [4.69, 9.17) is 14.9 Å². The van der Waals surface area contributed by atoms with E-state index >= 15 is 0 Å². The minimum absolute atomic E-state index is 0.501. The summed E-state index contributed by atoms with van der Waals surface area (Å²) in [5.41, 5.74) is 0. The molecule has 1 heterocycles. The van der Waals surface area contributed by atoms with Crippen LogP contribution in [0.2, 0.25) is 0 Å². The van der Waals surface area contributed by atoms with Gasteiger partial charge in [-0.05, 0) is 0 Å². The van der Waals surface area contributed by atoms with Crippen LogP contribution in [0.3, 0.4) is 0 Å². The fourth-order valence-corrected chi connectivity index (χ4v) is 1.55. The summed E-state index contributed by atoms with van der Waals surface area (Å²) in [6, 6.07) is 0. The molecule has 0 aromatic rings. The van der Waals surface area contributed by atoms with E-state index in [9.17, 15) is 19.9 Å². The number of phosphoric acid groups is 1. The summed E-state index contributed by atoms with van der Waals surface area (Å²) in [6.07, 6.45) is -5.03. The van der Waals surface area contributed by atoms with Crippen LogP contribution in [0.4, 0.5) is 0 Å². The van der Waals surface area contributed by atoms with Gasteiger partial charge < -0.3 is 34.9 Å². The highest BCUT2D eigenvalue weighted by atomic mass is 31.2. The smallest absolute Gasteiger partial charge is 0.388 e. The molecule has 1 aliphatic rings. The third-order valence-corrected chi connectivity index (χ3v) is 2.59. The lowest BCUT2D eigenvalue weighted by Crippen LogP contribution is -2.62. The zero-order chi connectivity index (χ0) is 12.6. The lowest BCUT2D eigenvalue weighted by Gasteiger charge is -2.41. The van der Waals surface area contributed by atoms with Gasteiger partial charge in [0.2, 0.25) is 5.79 Å². The van der Waals surface area contributed by atoms with Gasteiger partial charge in [0.05, 0.1) is 6.61 Å². The van der Waals surface area contributed by atoms with Gasteiger partial charge in [-0.2, -0.15) is 0 Å². The maximum atomic E-state index is 10.4. The number of hydrogen-bond donors (Lipinski definition) is 6. The van der Waals surface area contributed by atoms with Gasteiger partial charge in [0.1, 0.15) is 24.9 Å². The van der Waals surface area contributed by atoms with E-state index in [1.165, 1.54) is 0 Å². The second kappa shape index (κ2) is 4.65. The Balaban J connectivity index is 2.66. The molecule has 0 aliphatic carbocycles. The molecule has 0 aromatic heterocycles. The maximum Gasteiger partial charge on any atom is 0.469 e. The molecule has 9 nitrogen and oxygen atoms in total. The quantitative estimate of drug-likeness (QED) is 0.289. The summed E-state index contributed by atoms with van der Waals surface area (Å²) in [4.78, 5) is 16.8. The minimum atomic E-state index is -4.83. The zero-order valence-corrected chi connectivity index (χ0v) is 8.90. The lowest BCUT2D eigenvalue weighted by molar-refractivity contribution is -0.329. The van der Waals surface area contributed by atoms with Crippen molar-refractivity contribution in [2.24, 2.45) is 0 Å². The topological polar surface area (TPSA) is 157 Å². The summed E-state index contributed by atoms with van der Waals surface area (Å²) in [7, 11) is -4.83. The van der Waals surface area contributed by atoms with Crippen LogP contribution in [0.1, 0.15) is 0 Å². The third-order valence-electron chi connectivity index (χ3n) is 2.12. The van der Waals surface area contributed by atoms with Gasteiger partial charge in [-0.15, -0.1) is 0 Å². The number of aliphatic hydroxyl groups excluding tert-OH is 3. The molecule has 1 saturated heterocycles. The predicted octanol–water partition coefficient (Wildman–Crippen LogP) is -3.10. The molecule has 1 aliphatic heterocycles. The molecular formula is C6H13O9P. The number of ether oxygens (including phenoxy) is 1. The van der Waals surface area contributed by atoms with Crippen LogP contribution < -0.4 is 0 Å². The Kier molecular flexibility index (Phi) is 4.06. The molecule has 1 fully saturated rings. The van der Waals surface area contributed by atoms with Gasteiger partial charge in [-0.25, -0.2) is 4.57 Å². The van der Waals surface area contributed by atoms with Crippen molar-refractivity contribution in [2.75, 3.05) is 13.2 Å². The van der Waals surface area contributed by atoms with Crippen molar-refractivity contribution >= 4 is 7.82 Å². The first kappa shape index (κ1) is 14.0. The third kappa shape index (κ3) is 3.20. The van der Waals surface area contributed by atoms with Crippen LogP contribution >= 0.6 is 7.82 Å². The highest BCUT2D eigenvalue weighted by Crippen LogP contribution is 2.38. The Bertz CT molecular complexity index is 290. The van der Waals surface area contributed by atoms with E-state index in [1.807, 2.05) is 0 Å². The molecule has 0 radical (unpaired) electrons. The summed E-state index contributed by atoms with van der Waals surface area (Å²) in [5, 5.41) is 37.2. The van der Waals surface area contributed by atoms with Crippen molar-refractivity contribution in [1.82, 2.24) is 0 Å². The first-order chi connectivity index (χ1) is 7.16. The van der Waals surface area contributed by atoms with Gasteiger partial charge in [0.15, 0.2) is 0 Å². The van der Waals surface area contributed by atoms with Crippen molar-refractivity contribution in [2.45, 2.75) is 24.1 Å². The molecule has 0 saturated carbocycles. The highest BCUT2D eigenvalue weighted by molar-refractivity contribution is 7.46. The molecule has 6 N–H and O–H groups in total. The van der Waals surface area contributed by atoms with Crippen LogP contribution in [0, 0.1) is 0 Å². The molecular weight excluding hydrogens is 247 g/mol. The van der Waals surface area contributed by atoms with Crippen LogP contribution in [0.15, 0.2) is 0 Å². The molecule has 0 aromatic carbocycles. The van der Waals surface area contributed by atoms with E-state index < -0.39 is 45.1 Å². The van der Waals surface area contributed by atoms with E-state index in [0.29, 0.717) is 0 Å². The number of rotatable bonds is 3. The first-order valence-corrected chi connectivity index (χ1v) is 5.79. The summed E-state index contributed by atoms with van der Waals surface area (Å²) in [5.74, 6) is -2.47. The molecule has 0 spiro atoms. The predicted molar refractivity (Wildman–Crippen MR) is 46.9 cm³/mol. The van der Waals surface area contributed by atoms with E-state index in [2.05, 4.69) is 9.26 Å². The van der Waals surface area contributed by atoms with E-state index in [0.717, 1.165) is 0 Å². The average Bonchev–Trinajstić information content (AvgIpc) is 2.18. The monoisotopic (exact) mass is 260 g/mol. The molecule has 10 heteroatoms. The van der Waals surface area contributed by atoms with Gasteiger partial charge in [-0.3, -0.25) is 4.52 Å². The molecule has 0 bridgehead atoms. The second-order valence-corrected chi connectivity index (χ2v) is 4.66. The fourth-order valence-electron chi connectivity index (χ4n) is 1.19. The Morgan fingerprint density at radius 2 is 1.94 bits per heavy atom. The molecule has 4 atom stereocenters. The molecule has 1 rings (SSSR count). The van der Waals surface area contributed by atoms with Gasteiger partial charge >= 0.3 is 7.82 Å². The SMILES string of the molecule is O=P(O)(O)OC[C@]1(O)OC[C@@H](O)[C@H](O)[C@@H]1O. The lowest BCUT2D eigenvalue weighted by atomic mass is 9.98. The van der Waals surface area contributed by atoms with Crippen molar-refractivity contribution in [3.8, 4) is 0 Å². The van der Waals surface area contributed by atoms with Crippen molar-refractivity contribution in [3.05, 3.63) is 0 Å². The van der Waals surface area contributed by atoms with Gasteiger partial charge in [0, 0.05) is 0 Å². The first-order valence-electron chi connectivity index (χ1n) is 4.26.